The molecule has 2 amide bonds. The summed E-state index contributed by atoms with van der Waals surface area (Å²) < 4.78 is 6.73. The van der Waals surface area contributed by atoms with Crippen LogP contribution >= 0.6 is 22.9 Å². The molecule has 0 N–H and O–H groups in total. The van der Waals surface area contributed by atoms with Gasteiger partial charge in [0.15, 0.2) is 0 Å². The van der Waals surface area contributed by atoms with Gasteiger partial charge in [-0.2, -0.15) is 0 Å². The molecule has 2 aliphatic heterocycles. The van der Waals surface area contributed by atoms with E-state index >= 15 is 0 Å². The number of rotatable bonds is 4. The number of halogens is 1. The molecule has 36 heavy (non-hydrogen) atoms. The molecule has 2 aromatic heterocycles. The van der Waals surface area contributed by atoms with Gasteiger partial charge in [0.05, 0.1) is 18.1 Å². The Bertz CT molecular complexity index is 1280. The Hall–Kier alpha value is -2.68. The fourth-order valence-electron chi connectivity index (χ4n) is 4.75. The first kappa shape index (κ1) is 25.0. The number of hydrogen-bond acceptors (Lipinski definition) is 6. The maximum absolute atomic E-state index is 13.0. The summed E-state index contributed by atoms with van der Waals surface area (Å²) in [4.78, 5) is 37.0. The lowest BCUT2D eigenvalue weighted by atomic mass is 10.0. The smallest absolute Gasteiger partial charge is 0.410 e. The van der Waals surface area contributed by atoms with Crippen LogP contribution in [0, 0.1) is 0 Å². The molecule has 0 saturated carbocycles. The van der Waals surface area contributed by atoms with E-state index < -0.39 is 5.60 Å². The lowest BCUT2D eigenvalue weighted by molar-refractivity contribution is -0.121. The Morgan fingerprint density at radius 1 is 1.14 bits per heavy atom. The minimum atomic E-state index is -0.504. The number of aromatic nitrogens is 1. The molecule has 9 heteroatoms. The Morgan fingerprint density at radius 3 is 2.69 bits per heavy atom. The second kappa shape index (κ2) is 10.00. The molecule has 1 aromatic carbocycles. The van der Waals surface area contributed by atoms with Gasteiger partial charge >= 0.3 is 6.09 Å². The highest BCUT2D eigenvalue weighted by Gasteiger charge is 2.29. The highest BCUT2D eigenvalue weighted by molar-refractivity contribution is 7.19. The molecule has 0 bridgehead atoms. The third-order valence-electron chi connectivity index (χ3n) is 6.56. The highest BCUT2D eigenvalue weighted by Crippen LogP contribution is 2.37. The zero-order valence-electron chi connectivity index (χ0n) is 20.9. The monoisotopic (exact) mass is 526 g/mol. The SMILES string of the molecule is CC(C)(C)OC(=O)N1CCc2c(sc3cc(N4CCN(CCc5ccc(Cl)cn5)CC4=O)ccc23)C1. The molecule has 2 aliphatic rings. The van der Waals surface area contributed by atoms with E-state index in [1.807, 2.05) is 37.8 Å². The Balaban J connectivity index is 1.24. The molecule has 190 valence electrons. The number of thiophene rings is 1. The van der Waals surface area contributed by atoms with Crippen molar-refractivity contribution in [2.75, 3.05) is 37.6 Å². The fraction of sp³-hybridized carbons (Fsp3) is 0.444. The molecule has 7 nitrogen and oxygen atoms in total. The Morgan fingerprint density at radius 2 is 1.97 bits per heavy atom. The van der Waals surface area contributed by atoms with Crippen LogP contribution < -0.4 is 4.90 Å². The normalized spacial score (nSPS) is 16.9. The molecule has 1 saturated heterocycles. The Kier molecular flexibility index (Phi) is 6.94. The van der Waals surface area contributed by atoms with Crippen LogP contribution in [0.2, 0.25) is 5.02 Å². The van der Waals surface area contributed by atoms with Crippen molar-refractivity contribution in [2.24, 2.45) is 0 Å². The van der Waals surface area contributed by atoms with Gasteiger partial charge in [-0.3, -0.25) is 14.7 Å². The number of pyridine rings is 1. The third kappa shape index (κ3) is 5.51. The number of anilines is 1. The standard InChI is InChI=1S/C27H31ClN4O3S/c1-27(2,3)35-26(34)31-11-9-22-21-7-6-20(14-23(21)36-24(22)16-31)32-13-12-30(17-25(32)33)10-8-19-5-4-18(28)15-29-19/h4-7,14-15H,8-13,16-17H2,1-3H3. The zero-order chi connectivity index (χ0) is 25.4. The average molecular weight is 527 g/mol. The number of hydrogen-bond donors (Lipinski definition) is 0. The zero-order valence-corrected chi connectivity index (χ0v) is 22.5. The van der Waals surface area contributed by atoms with Gasteiger partial charge in [0, 0.05) is 59.8 Å². The number of ether oxygens (including phenoxy) is 1. The number of nitrogens with zero attached hydrogens (tertiary/aromatic N) is 4. The van der Waals surface area contributed by atoms with Crippen LogP contribution in [0.4, 0.5) is 10.5 Å². The fourth-order valence-corrected chi connectivity index (χ4v) is 6.17. The predicted molar refractivity (Wildman–Crippen MR) is 144 cm³/mol. The van der Waals surface area contributed by atoms with E-state index in [2.05, 4.69) is 28.1 Å². The molecule has 0 radical (unpaired) electrons. The van der Waals surface area contributed by atoms with E-state index in [4.69, 9.17) is 16.3 Å². The topological polar surface area (TPSA) is 66.0 Å². The van der Waals surface area contributed by atoms with Crippen LogP contribution in [0.3, 0.4) is 0 Å². The minimum absolute atomic E-state index is 0.113. The summed E-state index contributed by atoms with van der Waals surface area (Å²) in [5.41, 5.74) is 2.73. The number of carbonyl (C=O) groups is 2. The van der Waals surface area contributed by atoms with Gasteiger partial charge < -0.3 is 14.5 Å². The van der Waals surface area contributed by atoms with Gasteiger partial charge in [0.2, 0.25) is 5.91 Å². The van der Waals surface area contributed by atoms with E-state index in [1.165, 1.54) is 15.8 Å². The first-order valence-corrected chi connectivity index (χ1v) is 13.5. The second-order valence-corrected chi connectivity index (χ2v) is 11.9. The van der Waals surface area contributed by atoms with Crippen LogP contribution in [0.25, 0.3) is 10.1 Å². The average Bonchev–Trinajstić information content (AvgIpc) is 3.19. The summed E-state index contributed by atoms with van der Waals surface area (Å²) in [6.45, 7) is 9.56. The molecule has 3 aromatic rings. The van der Waals surface area contributed by atoms with Crippen LogP contribution in [0.5, 0.6) is 0 Å². The van der Waals surface area contributed by atoms with Gasteiger partial charge in [0.1, 0.15) is 5.60 Å². The van der Waals surface area contributed by atoms with Crippen molar-refractivity contribution >= 4 is 50.7 Å². The van der Waals surface area contributed by atoms with E-state index in [1.54, 1.807) is 22.4 Å². The minimum Gasteiger partial charge on any atom is -0.444 e. The maximum Gasteiger partial charge on any atom is 0.410 e. The first-order chi connectivity index (χ1) is 17.2. The van der Waals surface area contributed by atoms with Gasteiger partial charge in [-0.1, -0.05) is 17.7 Å². The second-order valence-electron chi connectivity index (χ2n) is 10.4. The first-order valence-electron chi connectivity index (χ1n) is 12.3. The van der Waals surface area contributed by atoms with Crippen LogP contribution in [0.1, 0.15) is 36.9 Å². The van der Waals surface area contributed by atoms with Crippen molar-refractivity contribution in [3.63, 3.8) is 0 Å². The summed E-state index contributed by atoms with van der Waals surface area (Å²) in [5.74, 6) is 0.113. The van der Waals surface area contributed by atoms with E-state index in [0.29, 0.717) is 31.2 Å². The van der Waals surface area contributed by atoms with E-state index in [-0.39, 0.29) is 12.0 Å². The number of piperazine rings is 1. The third-order valence-corrected chi connectivity index (χ3v) is 7.97. The predicted octanol–water partition coefficient (Wildman–Crippen LogP) is 5.13. The van der Waals surface area contributed by atoms with Crippen molar-refractivity contribution in [3.05, 3.63) is 57.7 Å². The van der Waals surface area contributed by atoms with Crippen molar-refractivity contribution in [3.8, 4) is 0 Å². The van der Waals surface area contributed by atoms with Crippen LogP contribution in [0.15, 0.2) is 36.5 Å². The van der Waals surface area contributed by atoms with Gasteiger partial charge in [-0.15, -0.1) is 11.3 Å². The van der Waals surface area contributed by atoms with Crippen molar-refractivity contribution in [1.29, 1.82) is 0 Å². The quantitative estimate of drug-likeness (QED) is 0.471. The lowest BCUT2D eigenvalue weighted by Gasteiger charge is -2.34. The number of benzene rings is 1. The molecule has 4 heterocycles. The number of carbonyl (C=O) groups excluding carboxylic acids is 2. The summed E-state index contributed by atoms with van der Waals surface area (Å²) in [6, 6.07) is 10.1. The molecule has 0 aliphatic carbocycles. The summed E-state index contributed by atoms with van der Waals surface area (Å²) in [6.07, 6.45) is 3.00. The maximum atomic E-state index is 13.0. The summed E-state index contributed by atoms with van der Waals surface area (Å²) >= 11 is 7.63. The summed E-state index contributed by atoms with van der Waals surface area (Å²) in [7, 11) is 0. The van der Waals surface area contributed by atoms with E-state index in [0.717, 1.165) is 42.0 Å². The largest absolute Gasteiger partial charge is 0.444 e. The molecular weight excluding hydrogens is 496 g/mol. The lowest BCUT2D eigenvalue weighted by Crippen LogP contribution is -2.50. The molecule has 0 atom stereocenters. The molecule has 0 spiro atoms. The molecule has 5 rings (SSSR count). The Labute approximate surface area is 220 Å². The van der Waals surface area contributed by atoms with Gasteiger partial charge in [-0.25, -0.2) is 4.79 Å². The number of fused-ring (bicyclic) bond motifs is 3. The van der Waals surface area contributed by atoms with Gasteiger partial charge in [0.25, 0.3) is 0 Å². The molecular formula is C27H31ClN4O3S. The van der Waals surface area contributed by atoms with Crippen molar-refractivity contribution in [2.45, 2.75) is 45.8 Å². The van der Waals surface area contributed by atoms with Gasteiger partial charge in [-0.05, 0) is 62.4 Å². The van der Waals surface area contributed by atoms with Crippen LogP contribution in [-0.2, 0) is 28.9 Å². The number of amides is 2. The molecule has 1 fully saturated rings. The van der Waals surface area contributed by atoms with Crippen molar-refractivity contribution < 1.29 is 14.3 Å². The van der Waals surface area contributed by atoms with Crippen LogP contribution in [-0.4, -0.2) is 65.1 Å². The van der Waals surface area contributed by atoms with Crippen molar-refractivity contribution in [1.82, 2.24) is 14.8 Å². The van der Waals surface area contributed by atoms with E-state index in [9.17, 15) is 9.59 Å². The molecule has 0 unspecified atom stereocenters. The highest BCUT2D eigenvalue weighted by atomic mass is 35.5. The summed E-state index contributed by atoms with van der Waals surface area (Å²) in [5, 5.41) is 1.86.